The Hall–Kier alpha value is -3.09. The Morgan fingerprint density at radius 2 is 2.08 bits per heavy atom. The van der Waals surface area contributed by atoms with Crippen molar-refractivity contribution in [3.63, 3.8) is 0 Å². The van der Waals surface area contributed by atoms with Crippen molar-refractivity contribution in [2.45, 2.75) is 24.9 Å². The van der Waals surface area contributed by atoms with Crippen LogP contribution in [0.2, 0.25) is 0 Å². The van der Waals surface area contributed by atoms with Crippen LogP contribution in [0, 0.1) is 0 Å². The average Bonchev–Trinajstić information content (AvgIpc) is 3.33. The summed E-state index contributed by atoms with van der Waals surface area (Å²) in [5.41, 5.74) is 1.11. The average molecular weight is 352 g/mol. The van der Waals surface area contributed by atoms with Gasteiger partial charge >= 0.3 is 0 Å². The van der Waals surface area contributed by atoms with E-state index in [4.69, 9.17) is 4.84 Å². The van der Waals surface area contributed by atoms with Crippen molar-refractivity contribution in [3.8, 4) is 0 Å². The smallest absolute Gasteiger partial charge is 0.273 e. The Bertz CT molecular complexity index is 832. The van der Waals surface area contributed by atoms with Crippen molar-refractivity contribution < 1.29 is 14.4 Å². The number of carbonyl (C=O) groups excluding carboxylic acids is 2. The topological polar surface area (TPSA) is 86.8 Å². The van der Waals surface area contributed by atoms with Gasteiger partial charge < -0.3 is 20.0 Å². The summed E-state index contributed by atoms with van der Waals surface area (Å²) in [6.45, 7) is 1.11. The fraction of sp³-hybridized carbons (Fsp3) is 0.316. The van der Waals surface area contributed by atoms with Crippen molar-refractivity contribution in [2.75, 3.05) is 18.4 Å². The summed E-state index contributed by atoms with van der Waals surface area (Å²) in [6, 6.07) is 11.0. The zero-order valence-electron chi connectivity index (χ0n) is 14.3. The molecule has 0 bridgehead atoms. The van der Waals surface area contributed by atoms with Crippen molar-refractivity contribution in [3.05, 3.63) is 54.4 Å². The van der Waals surface area contributed by atoms with Crippen LogP contribution in [0.3, 0.4) is 0 Å². The van der Waals surface area contributed by atoms with E-state index in [2.05, 4.69) is 15.5 Å². The van der Waals surface area contributed by atoms with Gasteiger partial charge in [0.2, 0.25) is 0 Å². The molecule has 2 aromatic rings. The van der Waals surface area contributed by atoms with E-state index >= 15 is 0 Å². The molecule has 0 aliphatic carbocycles. The number of anilines is 1. The minimum Gasteiger partial charge on any atom is -0.386 e. The van der Waals surface area contributed by atoms with E-state index in [0.29, 0.717) is 36.5 Å². The summed E-state index contributed by atoms with van der Waals surface area (Å²) in [6.07, 6.45) is 5.42. The number of hydrogen-bond donors (Lipinski definition) is 2. The Morgan fingerprint density at radius 3 is 2.85 bits per heavy atom. The fourth-order valence-electron chi connectivity index (χ4n) is 3.50. The molecule has 1 aromatic carbocycles. The Kier molecular flexibility index (Phi) is 4.20. The zero-order valence-corrected chi connectivity index (χ0v) is 14.3. The molecule has 1 fully saturated rings. The van der Waals surface area contributed by atoms with Gasteiger partial charge in [-0.25, -0.2) is 0 Å². The Balaban J connectivity index is 1.41. The molecule has 2 amide bonds. The second kappa shape index (κ2) is 6.67. The minimum atomic E-state index is -0.604. The summed E-state index contributed by atoms with van der Waals surface area (Å²) in [7, 11) is 0. The number of likely N-dealkylation sites (tertiary alicyclic amines) is 1. The highest BCUT2D eigenvalue weighted by atomic mass is 16.7. The van der Waals surface area contributed by atoms with E-state index in [1.165, 1.54) is 0 Å². The van der Waals surface area contributed by atoms with Gasteiger partial charge in [0.1, 0.15) is 5.71 Å². The molecule has 7 nitrogen and oxygen atoms in total. The summed E-state index contributed by atoms with van der Waals surface area (Å²) < 4.78 is 0. The van der Waals surface area contributed by atoms with Crippen LogP contribution < -0.4 is 5.32 Å². The molecule has 1 saturated heterocycles. The van der Waals surface area contributed by atoms with Crippen LogP contribution in [-0.2, 0) is 9.63 Å². The molecule has 2 N–H and O–H groups in total. The maximum atomic E-state index is 12.6. The summed E-state index contributed by atoms with van der Waals surface area (Å²) in [4.78, 5) is 35.4. The number of piperidine rings is 1. The summed E-state index contributed by atoms with van der Waals surface area (Å²) in [5.74, 6) is -0.293. The molecule has 0 saturated carbocycles. The number of para-hydroxylation sites is 1. The molecule has 1 unspecified atom stereocenters. The minimum absolute atomic E-state index is 0.0314. The van der Waals surface area contributed by atoms with Crippen LogP contribution in [0.4, 0.5) is 5.69 Å². The predicted molar refractivity (Wildman–Crippen MR) is 96.9 cm³/mol. The molecule has 4 rings (SSSR count). The van der Waals surface area contributed by atoms with E-state index in [9.17, 15) is 9.59 Å². The number of aromatic amines is 1. The van der Waals surface area contributed by atoms with Crippen molar-refractivity contribution >= 4 is 23.2 Å². The van der Waals surface area contributed by atoms with E-state index in [1.807, 2.05) is 30.3 Å². The van der Waals surface area contributed by atoms with Gasteiger partial charge in [-0.2, -0.15) is 0 Å². The van der Waals surface area contributed by atoms with E-state index < -0.39 is 5.60 Å². The van der Waals surface area contributed by atoms with Crippen molar-refractivity contribution in [2.24, 2.45) is 5.16 Å². The molecule has 3 heterocycles. The van der Waals surface area contributed by atoms with Crippen LogP contribution in [0.25, 0.3) is 0 Å². The fourth-order valence-corrected chi connectivity index (χ4v) is 3.50. The van der Waals surface area contributed by atoms with Gasteiger partial charge in [0.15, 0.2) is 5.60 Å². The molecule has 0 radical (unpaired) electrons. The quantitative estimate of drug-likeness (QED) is 0.889. The number of rotatable bonds is 3. The number of amides is 2. The van der Waals surface area contributed by atoms with Gasteiger partial charge in [0.25, 0.3) is 11.8 Å². The third-order valence-electron chi connectivity index (χ3n) is 4.80. The van der Waals surface area contributed by atoms with Crippen molar-refractivity contribution in [1.29, 1.82) is 0 Å². The first kappa shape index (κ1) is 16.4. The number of nitrogens with zero attached hydrogens (tertiary/aromatic N) is 2. The highest BCUT2D eigenvalue weighted by molar-refractivity contribution is 6.43. The summed E-state index contributed by atoms with van der Waals surface area (Å²) >= 11 is 0. The molecule has 1 spiro atoms. The number of benzene rings is 1. The van der Waals surface area contributed by atoms with Gasteiger partial charge in [0.05, 0.1) is 12.1 Å². The van der Waals surface area contributed by atoms with Crippen LogP contribution in [0.1, 0.15) is 29.6 Å². The number of oxime groups is 1. The SMILES string of the molecule is O=C(Nc1ccccc1)C1=NOC2(CCCN(C(=O)c3cc[nH]c3)C2)C1. The van der Waals surface area contributed by atoms with Gasteiger partial charge in [-0.3, -0.25) is 9.59 Å². The van der Waals surface area contributed by atoms with Gasteiger partial charge in [-0.05, 0) is 31.0 Å². The molecule has 7 heteroatoms. The standard InChI is InChI=1S/C19H20N4O3/c24-17(21-15-5-2-1-3-6-15)16-11-19(26-22-16)8-4-10-23(13-19)18(25)14-7-9-20-12-14/h1-3,5-7,9,12,20H,4,8,10-11,13H2,(H,21,24). The normalized spacial score (nSPS) is 22.0. The molecule has 2 aliphatic rings. The monoisotopic (exact) mass is 352 g/mol. The lowest BCUT2D eigenvalue weighted by Gasteiger charge is -2.38. The number of carbonyl (C=O) groups is 2. The van der Waals surface area contributed by atoms with Gasteiger partial charge in [0, 0.05) is 31.0 Å². The summed E-state index contributed by atoms with van der Waals surface area (Å²) in [5, 5.41) is 6.85. The van der Waals surface area contributed by atoms with E-state index in [1.54, 1.807) is 23.4 Å². The van der Waals surface area contributed by atoms with Gasteiger partial charge in [-0.1, -0.05) is 23.4 Å². The van der Waals surface area contributed by atoms with E-state index in [0.717, 1.165) is 12.8 Å². The van der Waals surface area contributed by atoms with Crippen molar-refractivity contribution in [1.82, 2.24) is 9.88 Å². The third-order valence-corrected chi connectivity index (χ3v) is 4.80. The Labute approximate surface area is 151 Å². The molecular formula is C19H20N4O3. The lowest BCUT2D eigenvalue weighted by Crippen LogP contribution is -2.50. The lowest BCUT2D eigenvalue weighted by atomic mass is 9.87. The van der Waals surface area contributed by atoms with Crippen LogP contribution in [0.5, 0.6) is 0 Å². The van der Waals surface area contributed by atoms with Crippen LogP contribution in [0.15, 0.2) is 53.9 Å². The maximum absolute atomic E-state index is 12.6. The largest absolute Gasteiger partial charge is 0.386 e. The van der Waals surface area contributed by atoms with E-state index in [-0.39, 0.29) is 11.8 Å². The molecule has 2 aliphatic heterocycles. The zero-order chi connectivity index (χ0) is 18.0. The highest BCUT2D eigenvalue weighted by Crippen LogP contribution is 2.34. The van der Waals surface area contributed by atoms with Crippen LogP contribution in [-0.4, -0.2) is 46.1 Å². The first-order chi connectivity index (χ1) is 12.7. The molecule has 26 heavy (non-hydrogen) atoms. The second-order valence-electron chi connectivity index (χ2n) is 6.74. The molecule has 1 atom stereocenters. The molecule has 134 valence electrons. The lowest BCUT2D eigenvalue weighted by molar-refractivity contribution is -0.110. The molecule has 1 aromatic heterocycles. The van der Waals surface area contributed by atoms with Crippen LogP contribution >= 0.6 is 0 Å². The predicted octanol–water partition coefficient (Wildman–Crippen LogP) is 2.40. The first-order valence-corrected chi connectivity index (χ1v) is 8.69. The number of hydrogen-bond acceptors (Lipinski definition) is 4. The Morgan fingerprint density at radius 1 is 1.23 bits per heavy atom. The second-order valence-corrected chi connectivity index (χ2v) is 6.74. The number of aromatic nitrogens is 1. The molecular weight excluding hydrogens is 332 g/mol. The number of H-pyrrole nitrogens is 1. The highest BCUT2D eigenvalue weighted by Gasteiger charge is 2.45. The number of nitrogens with one attached hydrogen (secondary N) is 2. The van der Waals surface area contributed by atoms with Gasteiger partial charge in [-0.15, -0.1) is 0 Å². The maximum Gasteiger partial charge on any atom is 0.273 e. The third kappa shape index (κ3) is 3.20. The first-order valence-electron chi connectivity index (χ1n) is 8.69.